The van der Waals surface area contributed by atoms with E-state index in [-0.39, 0.29) is 24.1 Å². The van der Waals surface area contributed by atoms with Crippen molar-refractivity contribution in [2.75, 3.05) is 22.6 Å². The van der Waals surface area contributed by atoms with Gasteiger partial charge in [0.05, 0.1) is 18.5 Å². The molecule has 7 heteroatoms. The molecule has 2 N–H and O–H groups in total. The fraction of sp³-hybridized carbons (Fsp3) is 0.160. The first kappa shape index (κ1) is 21.1. The summed E-state index contributed by atoms with van der Waals surface area (Å²) in [6, 6.07) is 17.7. The first-order chi connectivity index (χ1) is 15.4. The third kappa shape index (κ3) is 4.05. The van der Waals surface area contributed by atoms with Gasteiger partial charge in [0.2, 0.25) is 11.8 Å². The minimum atomic E-state index is -0.385. The number of anilines is 4. The molecular weight excluding hydrogens is 406 g/mol. The molecule has 0 unspecified atom stereocenters. The number of hydrogen-bond acceptors (Lipinski definition) is 4. The van der Waals surface area contributed by atoms with E-state index in [1.165, 1.54) is 12.0 Å². The number of carbonyl (C=O) groups is 3. The van der Waals surface area contributed by atoms with E-state index < -0.39 is 0 Å². The Labute approximate surface area is 186 Å². The van der Waals surface area contributed by atoms with Gasteiger partial charge in [-0.2, -0.15) is 0 Å². The number of hydrogen-bond donors (Lipinski definition) is 2. The monoisotopic (exact) mass is 429 g/mol. The van der Waals surface area contributed by atoms with Crippen molar-refractivity contribution in [1.29, 1.82) is 0 Å². The lowest BCUT2D eigenvalue weighted by Gasteiger charge is -2.23. The van der Waals surface area contributed by atoms with E-state index in [1.54, 1.807) is 48.5 Å². The molecule has 1 heterocycles. The van der Waals surface area contributed by atoms with Crippen molar-refractivity contribution < 1.29 is 19.1 Å². The van der Waals surface area contributed by atoms with E-state index in [4.69, 9.17) is 4.74 Å². The Morgan fingerprint density at radius 2 is 1.78 bits per heavy atom. The molecule has 3 amide bonds. The van der Waals surface area contributed by atoms with Crippen molar-refractivity contribution in [3.8, 4) is 5.75 Å². The van der Waals surface area contributed by atoms with Gasteiger partial charge < -0.3 is 15.4 Å². The Morgan fingerprint density at radius 3 is 2.50 bits per heavy atom. The van der Waals surface area contributed by atoms with Gasteiger partial charge in [-0.25, -0.2) is 0 Å². The fourth-order valence-electron chi connectivity index (χ4n) is 3.65. The molecule has 1 aliphatic rings. The second-order valence-corrected chi connectivity index (χ2v) is 7.59. The molecule has 0 aromatic heterocycles. The van der Waals surface area contributed by atoms with Gasteiger partial charge in [-0.05, 0) is 67.4 Å². The van der Waals surface area contributed by atoms with Crippen molar-refractivity contribution in [3.63, 3.8) is 0 Å². The van der Waals surface area contributed by atoms with Gasteiger partial charge in [0.1, 0.15) is 12.2 Å². The number of carbonyl (C=O) groups excluding carboxylic acids is 3. The van der Waals surface area contributed by atoms with Crippen LogP contribution in [-0.2, 0) is 9.59 Å². The van der Waals surface area contributed by atoms with E-state index >= 15 is 0 Å². The molecule has 32 heavy (non-hydrogen) atoms. The van der Waals surface area contributed by atoms with Gasteiger partial charge >= 0.3 is 0 Å². The number of nitrogens with one attached hydrogen (secondary N) is 2. The van der Waals surface area contributed by atoms with Gasteiger partial charge in [-0.1, -0.05) is 12.1 Å². The van der Waals surface area contributed by atoms with Crippen LogP contribution in [0.5, 0.6) is 5.75 Å². The maximum Gasteiger partial charge on any atom is 0.255 e. The molecule has 4 rings (SSSR count). The Kier molecular flexibility index (Phi) is 5.64. The van der Waals surface area contributed by atoms with Gasteiger partial charge in [0, 0.05) is 23.0 Å². The Balaban J connectivity index is 1.62. The lowest BCUT2D eigenvalue weighted by Crippen LogP contribution is -2.26. The average Bonchev–Trinajstić information content (AvgIpc) is 2.89. The zero-order valence-corrected chi connectivity index (χ0v) is 18.1. The van der Waals surface area contributed by atoms with E-state index in [9.17, 15) is 14.4 Å². The van der Waals surface area contributed by atoms with Gasteiger partial charge in [0.25, 0.3) is 5.91 Å². The molecule has 0 fully saturated rings. The largest absolute Gasteiger partial charge is 0.497 e. The summed E-state index contributed by atoms with van der Waals surface area (Å²) in [6.07, 6.45) is -0.276. The van der Waals surface area contributed by atoms with Crippen LogP contribution in [0.25, 0.3) is 0 Å². The number of rotatable bonds is 4. The van der Waals surface area contributed by atoms with Crippen LogP contribution in [0.2, 0.25) is 0 Å². The summed E-state index contributed by atoms with van der Waals surface area (Å²) < 4.78 is 5.23. The highest BCUT2D eigenvalue weighted by Gasteiger charge is 2.28. The van der Waals surface area contributed by atoms with Gasteiger partial charge in [-0.15, -0.1) is 0 Å². The van der Waals surface area contributed by atoms with Crippen molar-refractivity contribution in [2.45, 2.75) is 20.3 Å². The third-order valence-electron chi connectivity index (χ3n) is 5.51. The predicted molar refractivity (Wildman–Crippen MR) is 124 cm³/mol. The molecule has 0 aliphatic carbocycles. The SMILES string of the molecule is COc1ccc2c(c1)NC(=O)CC(=O)N2c1ccc(NC(=O)c2cccc(C)c2C)cc1. The first-order valence-electron chi connectivity index (χ1n) is 10.2. The minimum Gasteiger partial charge on any atom is -0.497 e. The third-order valence-corrected chi connectivity index (χ3v) is 5.51. The Morgan fingerprint density at radius 1 is 1.03 bits per heavy atom. The van der Waals surface area contributed by atoms with Crippen molar-refractivity contribution in [3.05, 3.63) is 77.4 Å². The summed E-state index contributed by atoms with van der Waals surface area (Å²) in [4.78, 5) is 39.2. The quantitative estimate of drug-likeness (QED) is 0.595. The molecule has 0 bridgehead atoms. The molecule has 3 aromatic carbocycles. The van der Waals surface area contributed by atoms with Crippen LogP contribution >= 0.6 is 0 Å². The lowest BCUT2D eigenvalue weighted by atomic mass is 10.0. The highest BCUT2D eigenvalue weighted by atomic mass is 16.5. The standard InChI is InChI=1S/C25H23N3O4/c1-15-5-4-6-20(16(15)2)25(31)26-17-7-9-18(10-8-17)28-22-12-11-19(32-3)13-21(22)27-23(29)14-24(28)30/h4-13H,14H2,1-3H3,(H,26,31)(H,27,29). The molecule has 162 valence electrons. The van der Waals surface area contributed by atoms with E-state index in [2.05, 4.69) is 10.6 Å². The summed E-state index contributed by atoms with van der Waals surface area (Å²) in [5.74, 6) is -0.358. The van der Waals surface area contributed by atoms with Crippen LogP contribution in [0.1, 0.15) is 27.9 Å². The van der Waals surface area contributed by atoms with Gasteiger partial charge in [0.15, 0.2) is 0 Å². The number of fused-ring (bicyclic) bond motifs is 1. The van der Waals surface area contributed by atoms with Crippen LogP contribution in [0.4, 0.5) is 22.7 Å². The molecular formula is C25H23N3O4. The number of amides is 3. The molecule has 3 aromatic rings. The Hall–Kier alpha value is -4.13. The zero-order valence-electron chi connectivity index (χ0n) is 18.1. The fourth-order valence-corrected chi connectivity index (χ4v) is 3.65. The number of ether oxygens (including phenoxy) is 1. The van der Waals surface area contributed by atoms with Crippen LogP contribution in [-0.4, -0.2) is 24.8 Å². The summed E-state index contributed by atoms with van der Waals surface area (Å²) in [7, 11) is 1.54. The first-order valence-corrected chi connectivity index (χ1v) is 10.2. The number of nitrogens with zero attached hydrogens (tertiary/aromatic N) is 1. The maximum absolute atomic E-state index is 12.8. The molecule has 0 saturated heterocycles. The summed E-state index contributed by atoms with van der Waals surface area (Å²) in [5, 5.41) is 5.65. The smallest absolute Gasteiger partial charge is 0.255 e. The van der Waals surface area contributed by atoms with Crippen molar-refractivity contribution in [1.82, 2.24) is 0 Å². The van der Waals surface area contributed by atoms with Crippen LogP contribution < -0.4 is 20.3 Å². The lowest BCUT2D eigenvalue weighted by molar-refractivity contribution is -0.124. The number of aryl methyl sites for hydroxylation is 1. The topological polar surface area (TPSA) is 87.7 Å². The van der Waals surface area contributed by atoms with Gasteiger partial charge in [-0.3, -0.25) is 19.3 Å². The van der Waals surface area contributed by atoms with E-state index in [1.807, 2.05) is 26.0 Å². The summed E-state index contributed by atoms with van der Waals surface area (Å²) >= 11 is 0. The second kappa shape index (κ2) is 8.55. The van der Waals surface area contributed by atoms with E-state index in [0.717, 1.165) is 11.1 Å². The average molecular weight is 429 g/mol. The van der Waals surface area contributed by atoms with Crippen LogP contribution in [0.3, 0.4) is 0 Å². The van der Waals surface area contributed by atoms with Crippen molar-refractivity contribution >= 4 is 40.5 Å². The number of methoxy groups -OCH3 is 1. The maximum atomic E-state index is 12.8. The second-order valence-electron chi connectivity index (χ2n) is 7.59. The summed E-state index contributed by atoms with van der Waals surface area (Å²) in [5.41, 5.74) is 4.83. The highest BCUT2D eigenvalue weighted by Crippen LogP contribution is 2.37. The van der Waals surface area contributed by atoms with Crippen LogP contribution in [0.15, 0.2) is 60.7 Å². The van der Waals surface area contributed by atoms with E-state index in [0.29, 0.717) is 34.1 Å². The summed E-state index contributed by atoms with van der Waals surface area (Å²) in [6.45, 7) is 3.88. The molecule has 0 saturated carbocycles. The highest BCUT2D eigenvalue weighted by molar-refractivity contribution is 6.17. The molecule has 0 radical (unpaired) electrons. The molecule has 0 spiro atoms. The number of benzene rings is 3. The minimum absolute atomic E-state index is 0.197. The normalized spacial score (nSPS) is 13.2. The predicted octanol–water partition coefficient (Wildman–Crippen LogP) is 4.57. The van der Waals surface area contributed by atoms with Crippen LogP contribution in [0, 0.1) is 13.8 Å². The molecule has 1 aliphatic heterocycles. The molecule has 7 nitrogen and oxygen atoms in total. The Bertz CT molecular complexity index is 1220. The molecule has 0 atom stereocenters. The zero-order chi connectivity index (χ0) is 22.8. The van der Waals surface area contributed by atoms with Crippen molar-refractivity contribution in [2.24, 2.45) is 0 Å².